The van der Waals surface area contributed by atoms with Crippen molar-refractivity contribution in [2.45, 2.75) is 51.4 Å². The number of esters is 4. The second-order valence-electron chi connectivity index (χ2n) is 15.7. The van der Waals surface area contributed by atoms with Gasteiger partial charge >= 0.3 is 47.8 Å². The van der Waals surface area contributed by atoms with Gasteiger partial charge in [0.15, 0.2) is 0 Å². The molecule has 4 fully saturated rings. The average Bonchev–Trinajstić information content (AvgIpc) is 4.08. The highest BCUT2D eigenvalue weighted by Crippen LogP contribution is 2.15. The van der Waals surface area contributed by atoms with Crippen LogP contribution in [0, 0.1) is 0 Å². The van der Waals surface area contributed by atoms with E-state index >= 15 is 0 Å². The summed E-state index contributed by atoms with van der Waals surface area (Å²) in [5.41, 5.74) is 0. The van der Waals surface area contributed by atoms with Gasteiger partial charge in [-0.15, -0.1) is 20.3 Å². The predicted molar refractivity (Wildman–Crippen MR) is 229 cm³/mol. The van der Waals surface area contributed by atoms with Crippen LogP contribution in [0.15, 0.2) is 0 Å². The number of amides is 8. The van der Waals surface area contributed by atoms with E-state index in [-0.39, 0.29) is 117 Å². The summed E-state index contributed by atoms with van der Waals surface area (Å²) in [4.78, 5) is 213. The maximum atomic E-state index is 12.4. The van der Waals surface area contributed by atoms with E-state index in [9.17, 15) is 76.7 Å². The Morgan fingerprint density at radius 2 is 0.447 bits per heavy atom. The zero-order valence-electron chi connectivity index (χ0n) is 40.5. The number of imide groups is 4. The number of rotatable bonds is 35. The molecule has 0 spiro atoms. The Balaban J connectivity index is 1.28. The molecule has 0 bridgehead atoms. The number of carbonyl (C=O) groups is 16. The molecule has 4 rings (SSSR count). The van der Waals surface area contributed by atoms with E-state index in [1.807, 2.05) is 0 Å². The van der Waals surface area contributed by atoms with Crippen molar-refractivity contribution in [3.63, 3.8) is 0 Å². The first-order valence-electron chi connectivity index (χ1n) is 22.9. The number of ether oxygens (including phenoxy) is 8. The fourth-order valence-corrected chi connectivity index (χ4v) is 6.29. The first-order chi connectivity index (χ1) is 36.3. The summed E-state index contributed by atoms with van der Waals surface area (Å²) in [6.07, 6.45) is -1.15. The van der Waals surface area contributed by atoms with Gasteiger partial charge in [-0.1, -0.05) is 0 Å². The first kappa shape index (κ1) is 60.6. The van der Waals surface area contributed by atoms with Crippen molar-refractivity contribution in [1.82, 2.24) is 30.1 Å². The van der Waals surface area contributed by atoms with Crippen molar-refractivity contribution in [3.05, 3.63) is 0 Å². The van der Waals surface area contributed by atoms with E-state index in [1.165, 1.54) is 0 Å². The van der Waals surface area contributed by atoms with Gasteiger partial charge in [0.1, 0.15) is 79.3 Å². The van der Waals surface area contributed by atoms with Gasteiger partial charge in [-0.2, -0.15) is 0 Å². The van der Waals surface area contributed by atoms with Crippen LogP contribution in [0.4, 0.5) is 0 Å². The van der Waals surface area contributed by atoms with Gasteiger partial charge in [0, 0.05) is 90.6 Å². The van der Waals surface area contributed by atoms with Crippen molar-refractivity contribution < 1.29 is 134 Å². The van der Waals surface area contributed by atoms with Gasteiger partial charge < -0.3 is 57.2 Å². The average molecular weight is 1090 g/mol. The zero-order valence-corrected chi connectivity index (χ0v) is 40.5. The van der Waals surface area contributed by atoms with Crippen molar-refractivity contribution in [2.75, 3.05) is 119 Å². The molecule has 418 valence electrons. The smallest absolute Gasteiger partial charge is 0.358 e. The third-order valence-corrected chi connectivity index (χ3v) is 9.97. The minimum absolute atomic E-state index is 0.0572. The maximum absolute atomic E-state index is 12.4. The number of nitrogens with zero attached hydrogens (tertiary/aromatic N) is 6. The third kappa shape index (κ3) is 21.9. The van der Waals surface area contributed by atoms with Crippen LogP contribution in [0.1, 0.15) is 51.4 Å². The Morgan fingerprint density at radius 1 is 0.276 bits per heavy atom. The molecule has 4 aliphatic rings. The molecule has 0 aromatic heterocycles. The normalized spacial score (nSPS) is 15.6. The van der Waals surface area contributed by atoms with Crippen LogP contribution in [0.25, 0.3) is 0 Å². The van der Waals surface area contributed by atoms with Crippen LogP contribution in [-0.4, -0.2) is 244 Å². The summed E-state index contributed by atoms with van der Waals surface area (Å²) in [6.45, 7) is -7.75. The lowest BCUT2D eigenvalue weighted by Crippen LogP contribution is -2.41. The summed E-state index contributed by atoms with van der Waals surface area (Å²) in [5, 5.41) is 1.18. The Hall–Kier alpha value is -7.92. The first-order valence-corrected chi connectivity index (χ1v) is 22.9. The van der Waals surface area contributed by atoms with E-state index in [0.29, 0.717) is 20.3 Å². The fraction of sp³-hybridized carbons (Fsp3) is 0.619. The Kier molecular flexibility index (Phi) is 25.3. The van der Waals surface area contributed by atoms with E-state index in [1.54, 1.807) is 9.80 Å². The van der Waals surface area contributed by atoms with E-state index in [0.717, 1.165) is 0 Å². The van der Waals surface area contributed by atoms with Crippen LogP contribution in [0.2, 0.25) is 0 Å². The molecule has 4 saturated heterocycles. The SMILES string of the molecule is O=C(COCC(=O)ON1C(=O)CCC1=O)OCCN(CCOC(=O)COCC(=O)ON1C(=O)CCC1=O)CCN(CCOC(=O)COCC(=O)ON1C(=O)CCC1=O)CCOC(=O)COCC(=O)ON1C(=O)CCC1=O. The molecule has 0 N–H and O–H groups in total. The van der Waals surface area contributed by atoms with Crippen molar-refractivity contribution in [3.8, 4) is 0 Å². The highest BCUT2D eigenvalue weighted by atomic mass is 16.8. The maximum Gasteiger partial charge on any atom is 0.358 e. The molecule has 0 radical (unpaired) electrons. The second kappa shape index (κ2) is 31.7. The molecule has 34 heteroatoms. The summed E-state index contributed by atoms with van der Waals surface area (Å²) in [6, 6.07) is 0. The summed E-state index contributed by atoms with van der Waals surface area (Å²) in [7, 11) is 0. The molecule has 76 heavy (non-hydrogen) atoms. The quantitative estimate of drug-likeness (QED) is 0.0324. The Labute approximate surface area is 428 Å². The number of hydrogen-bond donors (Lipinski definition) is 0. The number of hydroxylamine groups is 8. The van der Waals surface area contributed by atoms with Crippen molar-refractivity contribution in [2.24, 2.45) is 0 Å². The van der Waals surface area contributed by atoms with Crippen LogP contribution in [0.5, 0.6) is 0 Å². The molecular weight excluding hydrogens is 1040 g/mol. The van der Waals surface area contributed by atoms with Gasteiger partial charge in [0.2, 0.25) is 0 Å². The molecule has 4 aliphatic heterocycles. The van der Waals surface area contributed by atoms with E-state index in [2.05, 4.69) is 19.4 Å². The summed E-state index contributed by atoms with van der Waals surface area (Å²) in [5.74, 6) is -14.2. The molecule has 0 saturated carbocycles. The van der Waals surface area contributed by atoms with Crippen LogP contribution < -0.4 is 0 Å². The Morgan fingerprint density at radius 3 is 0.632 bits per heavy atom. The molecule has 34 nitrogen and oxygen atoms in total. The van der Waals surface area contributed by atoms with Gasteiger partial charge in [-0.05, 0) is 0 Å². The standard InChI is InChI=1S/C42H52N6O28/c49-27-1-2-28(50)45(27)73-39(61)23-65-19-35(57)69-15-11-43(12-16-70-36(58)20-66-24-40(62)74-46-29(51)3-4-30(46)52)9-10-44(13-17-71-37(59)21-67-25-41(63)75-47-31(53)5-6-32(47)54)14-18-72-38(60)22-68-26-42(64)76-48-33(55)7-8-34(48)56/h1-26H2. The highest BCUT2D eigenvalue weighted by molar-refractivity contribution is 6.03. The second-order valence-corrected chi connectivity index (χ2v) is 15.7. The lowest BCUT2D eigenvalue weighted by molar-refractivity contribution is -0.200. The number of hydrogen-bond acceptors (Lipinski definition) is 30. The third-order valence-electron chi connectivity index (χ3n) is 9.97. The molecule has 0 unspecified atom stereocenters. The van der Waals surface area contributed by atoms with E-state index < -0.39 is 148 Å². The summed E-state index contributed by atoms with van der Waals surface area (Å²) >= 11 is 0. The minimum atomic E-state index is -1.14. The minimum Gasteiger partial charge on any atom is -0.463 e. The zero-order chi connectivity index (χ0) is 55.6. The molecule has 8 amide bonds. The molecular formula is C42H52N6O28. The van der Waals surface area contributed by atoms with Crippen LogP contribution in [0.3, 0.4) is 0 Å². The van der Waals surface area contributed by atoms with Gasteiger partial charge in [0.25, 0.3) is 47.3 Å². The molecule has 4 heterocycles. The number of carbonyl (C=O) groups excluding carboxylic acids is 16. The Bertz CT molecular complexity index is 1870. The summed E-state index contributed by atoms with van der Waals surface area (Å²) < 4.78 is 40.6. The fourth-order valence-electron chi connectivity index (χ4n) is 6.29. The predicted octanol–water partition coefficient (Wildman–Crippen LogP) is -5.74. The largest absolute Gasteiger partial charge is 0.463 e. The molecule has 0 aliphatic carbocycles. The van der Waals surface area contributed by atoms with Crippen molar-refractivity contribution in [1.29, 1.82) is 0 Å². The lowest BCUT2D eigenvalue weighted by Gasteiger charge is -2.27. The van der Waals surface area contributed by atoms with Crippen LogP contribution in [-0.2, 0) is 134 Å². The van der Waals surface area contributed by atoms with Gasteiger partial charge in [-0.3, -0.25) is 48.2 Å². The van der Waals surface area contributed by atoms with Crippen molar-refractivity contribution >= 4 is 95.0 Å². The monoisotopic (exact) mass is 1090 g/mol. The van der Waals surface area contributed by atoms with Gasteiger partial charge in [-0.25, -0.2) is 38.4 Å². The van der Waals surface area contributed by atoms with E-state index in [4.69, 9.17) is 37.9 Å². The molecule has 0 aromatic rings. The topological polar surface area (TPSA) is 403 Å². The molecule has 0 aromatic carbocycles. The molecule has 0 atom stereocenters. The van der Waals surface area contributed by atoms with Gasteiger partial charge in [0.05, 0.1) is 0 Å². The lowest BCUT2D eigenvalue weighted by atomic mass is 10.4. The van der Waals surface area contributed by atoms with Crippen LogP contribution >= 0.6 is 0 Å². The highest BCUT2D eigenvalue weighted by Gasteiger charge is 2.36.